The number of rotatable bonds is 6. The van der Waals surface area contributed by atoms with Gasteiger partial charge in [-0.05, 0) is 44.4 Å². The molecule has 1 amide bonds. The van der Waals surface area contributed by atoms with E-state index in [0.29, 0.717) is 23.2 Å². The van der Waals surface area contributed by atoms with E-state index in [0.717, 1.165) is 32.2 Å². The van der Waals surface area contributed by atoms with Crippen molar-refractivity contribution in [3.8, 4) is 0 Å². The van der Waals surface area contributed by atoms with Crippen LogP contribution in [0.4, 0.5) is 11.8 Å². The first-order valence-electron chi connectivity index (χ1n) is 8.47. The molecule has 7 heteroatoms. The number of hydrogen-bond acceptors (Lipinski definition) is 6. The van der Waals surface area contributed by atoms with E-state index in [4.69, 9.17) is 5.73 Å². The van der Waals surface area contributed by atoms with Gasteiger partial charge in [0.2, 0.25) is 5.95 Å². The SMILES string of the molecule is NC(=O)c1cnc(NC2CCC(O)CC2)nc1NCC1CCC1. The van der Waals surface area contributed by atoms with Gasteiger partial charge in [0.1, 0.15) is 5.82 Å². The number of nitrogens with two attached hydrogens (primary N) is 1. The monoisotopic (exact) mass is 319 g/mol. The van der Waals surface area contributed by atoms with Crippen molar-refractivity contribution in [1.82, 2.24) is 9.97 Å². The Morgan fingerprint density at radius 1 is 1.26 bits per heavy atom. The minimum atomic E-state index is -0.520. The molecule has 0 unspecified atom stereocenters. The number of hydrogen-bond donors (Lipinski definition) is 4. The molecule has 1 heterocycles. The van der Waals surface area contributed by atoms with Gasteiger partial charge < -0.3 is 21.5 Å². The normalized spacial score (nSPS) is 24.7. The fraction of sp³-hybridized carbons (Fsp3) is 0.688. The van der Waals surface area contributed by atoms with Crippen molar-refractivity contribution in [2.24, 2.45) is 11.7 Å². The molecule has 1 aromatic heterocycles. The van der Waals surface area contributed by atoms with Crippen molar-refractivity contribution in [3.63, 3.8) is 0 Å². The zero-order valence-electron chi connectivity index (χ0n) is 13.3. The molecule has 0 spiro atoms. The minimum absolute atomic E-state index is 0.189. The lowest BCUT2D eigenvalue weighted by atomic mass is 9.85. The Morgan fingerprint density at radius 2 is 2.00 bits per heavy atom. The predicted molar refractivity (Wildman–Crippen MR) is 88.3 cm³/mol. The molecule has 0 bridgehead atoms. The van der Waals surface area contributed by atoms with Gasteiger partial charge in [-0.2, -0.15) is 4.98 Å². The molecule has 0 atom stereocenters. The highest BCUT2D eigenvalue weighted by Gasteiger charge is 2.22. The molecule has 1 aromatic rings. The molecule has 0 aromatic carbocycles. The van der Waals surface area contributed by atoms with E-state index in [1.54, 1.807) is 0 Å². The van der Waals surface area contributed by atoms with Gasteiger partial charge >= 0.3 is 0 Å². The maximum absolute atomic E-state index is 11.5. The second-order valence-electron chi connectivity index (χ2n) is 6.65. The summed E-state index contributed by atoms with van der Waals surface area (Å²) in [5.74, 6) is 1.15. The van der Waals surface area contributed by atoms with Gasteiger partial charge in [-0.3, -0.25) is 4.79 Å². The van der Waals surface area contributed by atoms with E-state index in [2.05, 4.69) is 20.6 Å². The van der Waals surface area contributed by atoms with E-state index in [1.165, 1.54) is 25.5 Å². The number of primary amides is 1. The molecule has 126 valence electrons. The van der Waals surface area contributed by atoms with Gasteiger partial charge in [0, 0.05) is 18.8 Å². The summed E-state index contributed by atoms with van der Waals surface area (Å²) in [6.07, 6.45) is 8.40. The molecule has 2 aliphatic carbocycles. The molecule has 23 heavy (non-hydrogen) atoms. The van der Waals surface area contributed by atoms with Crippen LogP contribution < -0.4 is 16.4 Å². The van der Waals surface area contributed by atoms with Crippen LogP contribution in [0.1, 0.15) is 55.3 Å². The van der Waals surface area contributed by atoms with Gasteiger partial charge in [-0.25, -0.2) is 4.98 Å². The summed E-state index contributed by atoms with van der Waals surface area (Å²) in [7, 11) is 0. The zero-order chi connectivity index (χ0) is 16.2. The maximum Gasteiger partial charge on any atom is 0.254 e. The van der Waals surface area contributed by atoms with E-state index in [9.17, 15) is 9.90 Å². The van der Waals surface area contributed by atoms with Crippen LogP contribution in [0.2, 0.25) is 0 Å². The second-order valence-corrected chi connectivity index (χ2v) is 6.65. The molecule has 7 nitrogen and oxygen atoms in total. The lowest BCUT2D eigenvalue weighted by Gasteiger charge is -2.27. The average molecular weight is 319 g/mol. The van der Waals surface area contributed by atoms with Gasteiger partial charge in [-0.15, -0.1) is 0 Å². The third-order valence-electron chi connectivity index (χ3n) is 4.87. The number of carbonyl (C=O) groups is 1. The largest absolute Gasteiger partial charge is 0.393 e. The number of nitrogens with zero attached hydrogens (tertiary/aromatic N) is 2. The smallest absolute Gasteiger partial charge is 0.254 e. The molecule has 2 saturated carbocycles. The summed E-state index contributed by atoms with van der Waals surface area (Å²) >= 11 is 0. The summed E-state index contributed by atoms with van der Waals surface area (Å²) in [5, 5.41) is 16.1. The van der Waals surface area contributed by atoms with E-state index < -0.39 is 5.91 Å². The second kappa shape index (κ2) is 7.12. The van der Waals surface area contributed by atoms with Gasteiger partial charge in [0.15, 0.2) is 0 Å². The molecule has 0 aliphatic heterocycles. The fourth-order valence-corrected chi connectivity index (χ4v) is 3.11. The van der Waals surface area contributed by atoms with Crippen LogP contribution in [0, 0.1) is 5.92 Å². The number of carbonyl (C=O) groups excluding carboxylic acids is 1. The summed E-state index contributed by atoms with van der Waals surface area (Å²) in [6.45, 7) is 0.812. The Balaban J connectivity index is 1.66. The summed E-state index contributed by atoms with van der Waals surface area (Å²) in [6, 6.07) is 0.261. The Labute approximate surface area is 136 Å². The number of aromatic nitrogens is 2. The third kappa shape index (κ3) is 4.10. The fourth-order valence-electron chi connectivity index (χ4n) is 3.11. The molecule has 2 fully saturated rings. The van der Waals surface area contributed by atoms with Crippen molar-refractivity contribution in [3.05, 3.63) is 11.8 Å². The maximum atomic E-state index is 11.5. The molecular weight excluding hydrogens is 294 g/mol. The van der Waals surface area contributed by atoms with Crippen LogP contribution in [-0.4, -0.2) is 39.7 Å². The summed E-state index contributed by atoms with van der Waals surface area (Å²) in [5.41, 5.74) is 5.74. The van der Waals surface area contributed by atoms with Gasteiger partial charge in [0.25, 0.3) is 5.91 Å². The first-order chi connectivity index (χ1) is 11.1. The van der Waals surface area contributed by atoms with Gasteiger partial charge in [-0.1, -0.05) is 6.42 Å². The van der Waals surface area contributed by atoms with E-state index in [-0.39, 0.29) is 12.1 Å². The van der Waals surface area contributed by atoms with E-state index in [1.807, 2.05) is 0 Å². The lowest BCUT2D eigenvalue weighted by molar-refractivity contribution is 0.1000. The highest BCUT2D eigenvalue weighted by Crippen LogP contribution is 2.27. The zero-order valence-corrected chi connectivity index (χ0v) is 13.3. The summed E-state index contributed by atoms with van der Waals surface area (Å²) in [4.78, 5) is 20.2. The van der Waals surface area contributed by atoms with Crippen molar-refractivity contribution < 1.29 is 9.90 Å². The number of nitrogens with one attached hydrogen (secondary N) is 2. The Kier molecular flexibility index (Phi) is 4.95. The highest BCUT2D eigenvalue weighted by atomic mass is 16.3. The first kappa shape index (κ1) is 16.0. The molecule has 5 N–H and O–H groups in total. The van der Waals surface area contributed by atoms with Crippen molar-refractivity contribution in [1.29, 1.82) is 0 Å². The number of anilines is 2. The number of aliphatic hydroxyl groups excluding tert-OH is 1. The Hall–Kier alpha value is -1.89. The van der Waals surface area contributed by atoms with Crippen LogP contribution in [0.25, 0.3) is 0 Å². The number of aliphatic hydroxyl groups is 1. The Bertz CT molecular complexity index is 553. The Morgan fingerprint density at radius 3 is 2.61 bits per heavy atom. The lowest BCUT2D eigenvalue weighted by Crippen LogP contribution is -2.29. The van der Waals surface area contributed by atoms with Crippen LogP contribution in [0.3, 0.4) is 0 Å². The molecule has 3 rings (SSSR count). The van der Waals surface area contributed by atoms with Crippen LogP contribution in [-0.2, 0) is 0 Å². The standard InChI is InChI=1S/C16H25N5O2/c17-14(23)13-9-19-16(20-11-4-6-12(22)7-5-11)21-15(13)18-8-10-2-1-3-10/h9-12,22H,1-8H2,(H2,17,23)(H2,18,19,20,21). The topological polar surface area (TPSA) is 113 Å². The molecule has 0 saturated heterocycles. The van der Waals surface area contributed by atoms with Crippen LogP contribution in [0.5, 0.6) is 0 Å². The van der Waals surface area contributed by atoms with E-state index >= 15 is 0 Å². The molecule has 2 aliphatic rings. The first-order valence-corrected chi connectivity index (χ1v) is 8.47. The van der Waals surface area contributed by atoms with Gasteiger partial charge in [0.05, 0.1) is 11.7 Å². The van der Waals surface area contributed by atoms with Crippen LogP contribution >= 0.6 is 0 Å². The predicted octanol–water partition coefficient (Wildman–Crippen LogP) is 1.50. The molecule has 0 radical (unpaired) electrons. The summed E-state index contributed by atoms with van der Waals surface area (Å²) < 4.78 is 0. The minimum Gasteiger partial charge on any atom is -0.393 e. The molecular formula is C16H25N5O2. The van der Waals surface area contributed by atoms with Crippen molar-refractivity contribution in [2.75, 3.05) is 17.2 Å². The van der Waals surface area contributed by atoms with Crippen molar-refractivity contribution >= 4 is 17.7 Å². The third-order valence-corrected chi connectivity index (χ3v) is 4.87. The van der Waals surface area contributed by atoms with Crippen molar-refractivity contribution in [2.45, 2.75) is 57.1 Å². The van der Waals surface area contributed by atoms with Crippen LogP contribution in [0.15, 0.2) is 6.20 Å². The number of amides is 1. The highest BCUT2D eigenvalue weighted by molar-refractivity contribution is 5.97. The quantitative estimate of drug-likeness (QED) is 0.632. The average Bonchev–Trinajstić information content (AvgIpc) is 2.48.